The molecule has 0 aliphatic heterocycles. The predicted octanol–water partition coefficient (Wildman–Crippen LogP) is 2.29. The maximum Gasteiger partial charge on any atom is 0.250 e. The zero-order valence-corrected chi connectivity index (χ0v) is 12.8. The molecule has 1 aromatic carbocycles. The standard InChI is InChI=1S/C14H19ClN2O4/c1-3-13(18)16-10-4-5-11(15)12(8-10)17-14(19)9-21-7-6-20-2/h4-5,8H,3,6-7,9H2,1-2H3,(H,16,18)(H,17,19). The maximum atomic E-state index is 11.7. The largest absolute Gasteiger partial charge is 0.382 e. The molecule has 0 aromatic heterocycles. The van der Waals surface area contributed by atoms with Crippen LogP contribution in [-0.4, -0.2) is 38.7 Å². The molecule has 0 fully saturated rings. The van der Waals surface area contributed by atoms with Gasteiger partial charge in [0.2, 0.25) is 11.8 Å². The number of hydrogen-bond acceptors (Lipinski definition) is 4. The summed E-state index contributed by atoms with van der Waals surface area (Å²) >= 11 is 6.01. The number of methoxy groups -OCH3 is 1. The number of hydrogen-bond donors (Lipinski definition) is 2. The van der Waals surface area contributed by atoms with Gasteiger partial charge < -0.3 is 20.1 Å². The molecule has 116 valence electrons. The van der Waals surface area contributed by atoms with Gasteiger partial charge in [-0.2, -0.15) is 0 Å². The average Bonchev–Trinajstić information content (AvgIpc) is 2.47. The number of carbonyl (C=O) groups is 2. The van der Waals surface area contributed by atoms with Gasteiger partial charge >= 0.3 is 0 Å². The van der Waals surface area contributed by atoms with Crippen LogP contribution in [0.15, 0.2) is 18.2 Å². The molecule has 0 aliphatic carbocycles. The topological polar surface area (TPSA) is 76.7 Å². The van der Waals surface area contributed by atoms with Gasteiger partial charge in [0.1, 0.15) is 6.61 Å². The molecular formula is C14H19ClN2O4. The van der Waals surface area contributed by atoms with Crippen molar-refractivity contribution in [3.8, 4) is 0 Å². The number of amides is 2. The van der Waals surface area contributed by atoms with Crippen molar-refractivity contribution in [2.45, 2.75) is 13.3 Å². The number of anilines is 2. The lowest BCUT2D eigenvalue weighted by Gasteiger charge is -2.10. The molecule has 0 heterocycles. The average molecular weight is 315 g/mol. The van der Waals surface area contributed by atoms with Crippen LogP contribution in [0.25, 0.3) is 0 Å². The lowest BCUT2D eigenvalue weighted by atomic mass is 10.2. The van der Waals surface area contributed by atoms with E-state index in [1.807, 2.05) is 0 Å². The Balaban J connectivity index is 2.58. The second-order valence-electron chi connectivity index (χ2n) is 4.19. The number of halogens is 1. The highest BCUT2D eigenvalue weighted by molar-refractivity contribution is 6.33. The third-order valence-electron chi connectivity index (χ3n) is 2.51. The minimum Gasteiger partial charge on any atom is -0.382 e. The Bertz CT molecular complexity index is 494. The van der Waals surface area contributed by atoms with Gasteiger partial charge in [0, 0.05) is 19.2 Å². The van der Waals surface area contributed by atoms with Gasteiger partial charge in [-0.1, -0.05) is 18.5 Å². The fourth-order valence-electron chi connectivity index (χ4n) is 1.44. The van der Waals surface area contributed by atoms with Crippen molar-refractivity contribution in [1.29, 1.82) is 0 Å². The van der Waals surface area contributed by atoms with Crippen LogP contribution in [0.5, 0.6) is 0 Å². The Morgan fingerprint density at radius 1 is 1.19 bits per heavy atom. The monoisotopic (exact) mass is 314 g/mol. The first kappa shape index (κ1) is 17.4. The molecule has 0 unspecified atom stereocenters. The summed E-state index contributed by atoms with van der Waals surface area (Å²) in [6.45, 7) is 2.42. The van der Waals surface area contributed by atoms with E-state index in [1.54, 1.807) is 32.2 Å². The minimum atomic E-state index is -0.327. The van der Waals surface area contributed by atoms with Crippen LogP contribution in [-0.2, 0) is 19.1 Å². The van der Waals surface area contributed by atoms with Gasteiger partial charge in [-0.15, -0.1) is 0 Å². The molecule has 21 heavy (non-hydrogen) atoms. The minimum absolute atomic E-state index is 0.0920. The zero-order valence-electron chi connectivity index (χ0n) is 12.1. The number of nitrogens with one attached hydrogen (secondary N) is 2. The summed E-state index contributed by atoms with van der Waals surface area (Å²) in [4.78, 5) is 23.0. The normalized spacial score (nSPS) is 10.2. The number of carbonyl (C=O) groups excluding carboxylic acids is 2. The predicted molar refractivity (Wildman–Crippen MR) is 81.7 cm³/mol. The molecule has 0 aliphatic rings. The number of ether oxygens (including phenoxy) is 2. The van der Waals surface area contributed by atoms with Crippen molar-refractivity contribution in [3.05, 3.63) is 23.2 Å². The van der Waals surface area contributed by atoms with Crippen molar-refractivity contribution in [1.82, 2.24) is 0 Å². The lowest BCUT2D eigenvalue weighted by Crippen LogP contribution is -2.20. The zero-order chi connectivity index (χ0) is 15.7. The summed E-state index contributed by atoms with van der Waals surface area (Å²) < 4.78 is 9.92. The third kappa shape index (κ3) is 6.57. The highest BCUT2D eigenvalue weighted by Gasteiger charge is 2.08. The van der Waals surface area contributed by atoms with Crippen LogP contribution in [0.3, 0.4) is 0 Å². The highest BCUT2D eigenvalue weighted by Crippen LogP contribution is 2.25. The lowest BCUT2D eigenvalue weighted by molar-refractivity contribution is -0.121. The van der Waals surface area contributed by atoms with Crippen LogP contribution in [0.4, 0.5) is 11.4 Å². The van der Waals surface area contributed by atoms with E-state index in [0.717, 1.165) is 0 Å². The Kier molecular flexibility index (Phi) is 7.74. The van der Waals surface area contributed by atoms with Gasteiger partial charge in [-0.3, -0.25) is 9.59 Å². The second kappa shape index (κ2) is 9.33. The summed E-state index contributed by atoms with van der Waals surface area (Å²) in [5.74, 6) is -0.440. The molecule has 0 bridgehead atoms. The molecule has 0 atom stereocenters. The Morgan fingerprint density at radius 3 is 2.62 bits per heavy atom. The highest BCUT2D eigenvalue weighted by atomic mass is 35.5. The van der Waals surface area contributed by atoms with E-state index in [4.69, 9.17) is 21.1 Å². The summed E-state index contributed by atoms with van der Waals surface area (Å²) in [6.07, 6.45) is 0.373. The van der Waals surface area contributed by atoms with Gasteiger partial charge in [-0.25, -0.2) is 0 Å². The van der Waals surface area contributed by atoms with Gasteiger partial charge in [0.25, 0.3) is 0 Å². The Labute approximate surface area is 128 Å². The van der Waals surface area contributed by atoms with Crippen molar-refractivity contribution in [2.24, 2.45) is 0 Å². The maximum absolute atomic E-state index is 11.7. The number of rotatable bonds is 8. The third-order valence-corrected chi connectivity index (χ3v) is 2.84. The molecule has 1 rings (SSSR count). The fraction of sp³-hybridized carbons (Fsp3) is 0.429. The van der Waals surface area contributed by atoms with Gasteiger partial charge in [0.05, 0.1) is 23.9 Å². The second-order valence-corrected chi connectivity index (χ2v) is 4.60. The first-order chi connectivity index (χ1) is 10.1. The quantitative estimate of drug-likeness (QED) is 0.722. The SMILES string of the molecule is CCC(=O)Nc1ccc(Cl)c(NC(=O)COCCOC)c1. The van der Waals surface area contributed by atoms with Crippen LogP contribution in [0.1, 0.15) is 13.3 Å². The van der Waals surface area contributed by atoms with E-state index in [9.17, 15) is 9.59 Å². The Morgan fingerprint density at radius 2 is 1.95 bits per heavy atom. The van der Waals surface area contributed by atoms with E-state index in [0.29, 0.717) is 36.0 Å². The van der Waals surface area contributed by atoms with Crippen LogP contribution >= 0.6 is 11.6 Å². The van der Waals surface area contributed by atoms with Crippen molar-refractivity contribution >= 4 is 34.8 Å². The molecule has 1 aromatic rings. The summed E-state index contributed by atoms with van der Waals surface area (Å²) in [5.41, 5.74) is 0.993. The molecular weight excluding hydrogens is 296 g/mol. The van der Waals surface area contributed by atoms with E-state index in [1.165, 1.54) is 0 Å². The molecule has 2 amide bonds. The van der Waals surface area contributed by atoms with Crippen molar-refractivity contribution in [3.63, 3.8) is 0 Å². The van der Waals surface area contributed by atoms with E-state index >= 15 is 0 Å². The molecule has 0 saturated carbocycles. The summed E-state index contributed by atoms with van der Waals surface area (Å²) in [7, 11) is 1.55. The molecule has 0 saturated heterocycles. The van der Waals surface area contributed by atoms with Crippen LogP contribution in [0, 0.1) is 0 Å². The van der Waals surface area contributed by atoms with Gasteiger partial charge in [-0.05, 0) is 18.2 Å². The van der Waals surface area contributed by atoms with Crippen molar-refractivity contribution < 1.29 is 19.1 Å². The first-order valence-corrected chi connectivity index (χ1v) is 6.90. The summed E-state index contributed by atoms with van der Waals surface area (Å²) in [6, 6.07) is 4.87. The fourth-order valence-corrected chi connectivity index (χ4v) is 1.61. The van der Waals surface area contributed by atoms with E-state index in [2.05, 4.69) is 10.6 Å². The molecule has 6 nitrogen and oxygen atoms in total. The summed E-state index contributed by atoms with van der Waals surface area (Å²) in [5, 5.41) is 5.71. The van der Waals surface area contributed by atoms with Crippen LogP contribution < -0.4 is 10.6 Å². The smallest absolute Gasteiger partial charge is 0.250 e. The molecule has 0 spiro atoms. The molecule has 2 N–H and O–H groups in total. The van der Waals surface area contributed by atoms with Crippen molar-refractivity contribution in [2.75, 3.05) is 37.6 Å². The molecule has 7 heteroatoms. The van der Waals surface area contributed by atoms with Crippen LogP contribution in [0.2, 0.25) is 5.02 Å². The van der Waals surface area contributed by atoms with E-state index < -0.39 is 0 Å². The molecule has 0 radical (unpaired) electrons. The van der Waals surface area contributed by atoms with Gasteiger partial charge in [0.15, 0.2) is 0 Å². The Hall–Kier alpha value is -1.63. The first-order valence-electron chi connectivity index (χ1n) is 6.52. The van der Waals surface area contributed by atoms with E-state index in [-0.39, 0.29) is 18.4 Å². The number of benzene rings is 1.